The van der Waals surface area contributed by atoms with Crippen LogP contribution in [-0.4, -0.2) is 54.4 Å². The summed E-state index contributed by atoms with van der Waals surface area (Å²) in [5.41, 5.74) is 0.549. The van der Waals surface area contributed by atoms with Gasteiger partial charge in [0, 0.05) is 32.4 Å². The van der Waals surface area contributed by atoms with Gasteiger partial charge in [0.05, 0.1) is 12.1 Å². The maximum Gasteiger partial charge on any atom is 0.255 e. The molecule has 1 N–H and O–H groups in total. The average molecular weight is 302 g/mol. The van der Waals surface area contributed by atoms with Crippen LogP contribution in [0.2, 0.25) is 0 Å². The number of nitrogens with zero attached hydrogens (tertiary/aromatic N) is 3. The van der Waals surface area contributed by atoms with Crippen molar-refractivity contribution in [2.24, 2.45) is 0 Å². The van der Waals surface area contributed by atoms with E-state index in [-0.39, 0.29) is 18.4 Å². The zero-order valence-corrected chi connectivity index (χ0v) is 12.8. The molecular formula is C16H22N4O2. The molecule has 0 bridgehead atoms. The van der Waals surface area contributed by atoms with Gasteiger partial charge < -0.3 is 15.1 Å². The summed E-state index contributed by atoms with van der Waals surface area (Å²) in [5, 5.41) is 2.72. The van der Waals surface area contributed by atoms with E-state index in [0.29, 0.717) is 18.7 Å². The Hall–Kier alpha value is -2.11. The van der Waals surface area contributed by atoms with E-state index < -0.39 is 0 Å². The number of piperazine rings is 1. The number of anilines is 1. The molecule has 0 saturated carbocycles. The molecule has 1 aromatic rings. The minimum atomic E-state index is -0.121. The highest BCUT2D eigenvalue weighted by molar-refractivity contribution is 5.96. The van der Waals surface area contributed by atoms with Crippen LogP contribution in [0.25, 0.3) is 0 Å². The Morgan fingerprint density at radius 3 is 2.50 bits per heavy atom. The SMILES string of the molecule is O=C1CN(C(=O)c2ccc(N3CCCCCC3)nc2)CCN1. The van der Waals surface area contributed by atoms with Gasteiger partial charge in [-0.1, -0.05) is 12.8 Å². The first-order chi connectivity index (χ1) is 10.7. The first-order valence-corrected chi connectivity index (χ1v) is 8.01. The van der Waals surface area contributed by atoms with Gasteiger partial charge in [-0.15, -0.1) is 0 Å². The number of amides is 2. The summed E-state index contributed by atoms with van der Waals surface area (Å²) in [4.78, 5) is 32.1. The number of carbonyl (C=O) groups excluding carboxylic acids is 2. The van der Waals surface area contributed by atoms with Crippen molar-refractivity contribution in [3.05, 3.63) is 23.9 Å². The second-order valence-electron chi connectivity index (χ2n) is 5.88. The number of nitrogens with one attached hydrogen (secondary N) is 1. The molecule has 2 saturated heterocycles. The number of pyridine rings is 1. The summed E-state index contributed by atoms with van der Waals surface area (Å²) < 4.78 is 0. The van der Waals surface area contributed by atoms with Crippen molar-refractivity contribution in [1.82, 2.24) is 15.2 Å². The van der Waals surface area contributed by atoms with E-state index in [0.717, 1.165) is 18.9 Å². The molecule has 0 unspecified atom stereocenters. The Kier molecular flexibility index (Phi) is 4.56. The summed E-state index contributed by atoms with van der Waals surface area (Å²) >= 11 is 0. The van der Waals surface area contributed by atoms with Crippen LogP contribution in [-0.2, 0) is 4.79 Å². The smallest absolute Gasteiger partial charge is 0.255 e. The molecule has 6 heteroatoms. The van der Waals surface area contributed by atoms with Crippen molar-refractivity contribution in [2.75, 3.05) is 37.6 Å². The van der Waals surface area contributed by atoms with Gasteiger partial charge in [-0.05, 0) is 25.0 Å². The third kappa shape index (κ3) is 3.37. The van der Waals surface area contributed by atoms with Gasteiger partial charge in [0.2, 0.25) is 5.91 Å². The van der Waals surface area contributed by atoms with E-state index in [1.165, 1.54) is 25.7 Å². The van der Waals surface area contributed by atoms with Crippen molar-refractivity contribution in [3.8, 4) is 0 Å². The lowest BCUT2D eigenvalue weighted by molar-refractivity contribution is -0.123. The Balaban J connectivity index is 1.67. The van der Waals surface area contributed by atoms with E-state index in [4.69, 9.17) is 0 Å². The molecular weight excluding hydrogens is 280 g/mol. The predicted octanol–water partition coefficient (Wildman–Crippen LogP) is 1.03. The van der Waals surface area contributed by atoms with Crippen molar-refractivity contribution in [1.29, 1.82) is 0 Å². The fraction of sp³-hybridized carbons (Fsp3) is 0.562. The molecule has 2 aliphatic rings. The number of carbonyl (C=O) groups is 2. The molecule has 0 aromatic carbocycles. The molecule has 1 aromatic heterocycles. The third-order valence-corrected chi connectivity index (χ3v) is 4.25. The lowest BCUT2D eigenvalue weighted by Crippen LogP contribution is -2.50. The summed E-state index contributed by atoms with van der Waals surface area (Å²) in [6, 6.07) is 3.74. The first-order valence-electron chi connectivity index (χ1n) is 8.01. The van der Waals surface area contributed by atoms with E-state index in [9.17, 15) is 9.59 Å². The molecule has 3 rings (SSSR count). The molecule has 2 fully saturated rings. The Morgan fingerprint density at radius 1 is 1.09 bits per heavy atom. The molecule has 0 aliphatic carbocycles. The van der Waals surface area contributed by atoms with Gasteiger partial charge in [0.15, 0.2) is 0 Å². The fourth-order valence-corrected chi connectivity index (χ4v) is 2.99. The number of aromatic nitrogens is 1. The minimum Gasteiger partial charge on any atom is -0.357 e. The van der Waals surface area contributed by atoms with Crippen LogP contribution in [0.15, 0.2) is 18.3 Å². The van der Waals surface area contributed by atoms with E-state index >= 15 is 0 Å². The van der Waals surface area contributed by atoms with Crippen molar-refractivity contribution >= 4 is 17.6 Å². The number of rotatable bonds is 2. The Labute approximate surface area is 130 Å². The van der Waals surface area contributed by atoms with E-state index in [1.54, 1.807) is 11.1 Å². The molecule has 6 nitrogen and oxygen atoms in total. The number of hydrogen-bond donors (Lipinski definition) is 1. The number of hydrogen-bond acceptors (Lipinski definition) is 4. The maximum atomic E-state index is 12.4. The average Bonchev–Trinajstić information content (AvgIpc) is 2.84. The van der Waals surface area contributed by atoms with Crippen molar-refractivity contribution in [3.63, 3.8) is 0 Å². The predicted molar refractivity (Wildman–Crippen MR) is 83.8 cm³/mol. The van der Waals surface area contributed by atoms with Crippen LogP contribution in [0.4, 0.5) is 5.82 Å². The molecule has 0 radical (unpaired) electrons. The molecule has 3 heterocycles. The van der Waals surface area contributed by atoms with Crippen LogP contribution < -0.4 is 10.2 Å². The highest BCUT2D eigenvalue weighted by Crippen LogP contribution is 2.18. The highest BCUT2D eigenvalue weighted by Gasteiger charge is 2.22. The van der Waals surface area contributed by atoms with Gasteiger partial charge in [0.1, 0.15) is 5.82 Å². The summed E-state index contributed by atoms with van der Waals surface area (Å²) in [6.07, 6.45) is 6.60. The molecule has 2 aliphatic heterocycles. The van der Waals surface area contributed by atoms with Crippen LogP contribution in [0.3, 0.4) is 0 Å². The minimum absolute atomic E-state index is 0.103. The zero-order valence-electron chi connectivity index (χ0n) is 12.8. The third-order valence-electron chi connectivity index (χ3n) is 4.25. The lowest BCUT2D eigenvalue weighted by atomic mass is 10.2. The van der Waals surface area contributed by atoms with Crippen molar-refractivity contribution < 1.29 is 9.59 Å². The first kappa shape index (κ1) is 14.8. The molecule has 2 amide bonds. The monoisotopic (exact) mass is 302 g/mol. The van der Waals surface area contributed by atoms with E-state index in [2.05, 4.69) is 15.2 Å². The van der Waals surface area contributed by atoms with Gasteiger partial charge >= 0.3 is 0 Å². The quantitative estimate of drug-likeness (QED) is 0.886. The normalized spacial score (nSPS) is 19.5. The topological polar surface area (TPSA) is 65.5 Å². The maximum absolute atomic E-state index is 12.4. The van der Waals surface area contributed by atoms with Crippen LogP contribution in [0, 0.1) is 0 Å². The summed E-state index contributed by atoms with van der Waals surface area (Å²) in [6.45, 7) is 3.27. The molecule has 118 valence electrons. The van der Waals surface area contributed by atoms with Crippen LogP contribution in [0.1, 0.15) is 36.0 Å². The van der Waals surface area contributed by atoms with E-state index in [1.807, 2.05) is 12.1 Å². The van der Waals surface area contributed by atoms with Crippen LogP contribution >= 0.6 is 0 Å². The Bertz CT molecular complexity index is 536. The van der Waals surface area contributed by atoms with Crippen molar-refractivity contribution in [2.45, 2.75) is 25.7 Å². The van der Waals surface area contributed by atoms with Gasteiger partial charge in [-0.2, -0.15) is 0 Å². The summed E-state index contributed by atoms with van der Waals surface area (Å²) in [7, 11) is 0. The molecule has 0 atom stereocenters. The Morgan fingerprint density at radius 2 is 1.86 bits per heavy atom. The van der Waals surface area contributed by atoms with Gasteiger partial charge in [0.25, 0.3) is 5.91 Å². The largest absolute Gasteiger partial charge is 0.357 e. The second-order valence-corrected chi connectivity index (χ2v) is 5.88. The lowest BCUT2D eigenvalue weighted by Gasteiger charge is -2.27. The van der Waals surface area contributed by atoms with Crippen LogP contribution in [0.5, 0.6) is 0 Å². The molecule has 0 spiro atoms. The zero-order chi connectivity index (χ0) is 15.4. The summed E-state index contributed by atoms with van der Waals surface area (Å²) in [5.74, 6) is 0.716. The standard InChI is InChI=1S/C16H22N4O2/c21-15-12-20(10-7-17-15)16(22)13-5-6-14(18-11-13)19-8-3-1-2-4-9-19/h5-6,11H,1-4,7-10,12H2,(H,17,21). The van der Waals surface area contributed by atoms with Gasteiger partial charge in [-0.25, -0.2) is 4.98 Å². The fourth-order valence-electron chi connectivity index (χ4n) is 2.99. The highest BCUT2D eigenvalue weighted by atomic mass is 16.2. The van der Waals surface area contributed by atoms with Gasteiger partial charge in [-0.3, -0.25) is 9.59 Å². The second kappa shape index (κ2) is 6.77. The molecule has 22 heavy (non-hydrogen) atoms.